The van der Waals surface area contributed by atoms with Gasteiger partial charge in [0.25, 0.3) is 5.91 Å². The predicted molar refractivity (Wildman–Crippen MR) is 105 cm³/mol. The Morgan fingerprint density at radius 2 is 2.19 bits per heavy atom. The van der Waals surface area contributed by atoms with Crippen molar-refractivity contribution in [3.05, 3.63) is 34.8 Å². The highest BCUT2D eigenvalue weighted by atomic mass is 32.1. The van der Waals surface area contributed by atoms with Crippen molar-refractivity contribution in [1.82, 2.24) is 20.1 Å². The lowest BCUT2D eigenvalue weighted by Gasteiger charge is -2.13. The van der Waals surface area contributed by atoms with Crippen LogP contribution >= 0.6 is 11.3 Å². The second-order valence-corrected chi connectivity index (χ2v) is 7.42. The minimum atomic E-state index is -0.895. The van der Waals surface area contributed by atoms with Crippen molar-refractivity contribution >= 4 is 34.2 Å². The van der Waals surface area contributed by atoms with E-state index in [1.54, 1.807) is 29.1 Å². The molecule has 3 heterocycles. The van der Waals surface area contributed by atoms with E-state index in [-0.39, 0.29) is 12.5 Å². The number of aliphatic carboxylic acids is 1. The maximum Gasteiger partial charge on any atom is 0.308 e. The molecule has 3 aromatic heterocycles. The van der Waals surface area contributed by atoms with Gasteiger partial charge < -0.3 is 10.4 Å². The number of aromatic nitrogens is 3. The number of hydrogen-bond donors (Lipinski definition) is 2. The molecule has 0 aliphatic rings. The monoisotopic (exact) mass is 386 g/mol. The van der Waals surface area contributed by atoms with E-state index in [4.69, 9.17) is 0 Å². The van der Waals surface area contributed by atoms with Gasteiger partial charge in [-0.1, -0.05) is 19.4 Å². The molecule has 0 aromatic carbocycles. The van der Waals surface area contributed by atoms with Crippen molar-refractivity contribution in [1.29, 1.82) is 0 Å². The molecular formula is C19H22N4O3S. The van der Waals surface area contributed by atoms with Crippen LogP contribution in [0.2, 0.25) is 0 Å². The number of carboxylic acids is 1. The average molecular weight is 386 g/mol. The minimum Gasteiger partial charge on any atom is -0.481 e. The Labute approximate surface area is 161 Å². The lowest BCUT2D eigenvalue weighted by molar-refractivity contribution is -0.141. The van der Waals surface area contributed by atoms with Gasteiger partial charge >= 0.3 is 5.97 Å². The first-order chi connectivity index (χ1) is 12.9. The number of carboxylic acid groups (broad SMARTS) is 1. The molecule has 142 valence electrons. The van der Waals surface area contributed by atoms with Crippen LogP contribution in [0.1, 0.15) is 35.8 Å². The number of amides is 1. The molecule has 0 spiro atoms. The van der Waals surface area contributed by atoms with Crippen LogP contribution in [0.25, 0.3) is 21.6 Å². The summed E-state index contributed by atoms with van der Waals surface area (Å²) in [7, 11) is 1.80. The fourth-order valence-electron chi connectivity index (χ4n) is 3.15. The van der Waals surface area contributed by atoms with Crippen molar-refractivity contribution in [2.45, 2.75) is 26.7 Å². The van der Waals surface area contributed by atoms with Crippen molar-refractivity contribution in [2.75, 3.05) is 6.54 Å². The van der Waals surface area contributed by atoms with E-state index in [9.17, 15) is 14.7 Å². The summed E-state index contributed by atoms with van der Waals surface area (Å²) < 4.78 is 1.66. The summed E-state index contributed by atoms with van der Waals surface area (Å²) in [5, 5.41) is 19.1. The third-order valence-corrected chi connectivity index (χ3v) is 5.37. The van der Waals surface area contributed by atoms with Crippen molar-refractivity contribution in [3.8, 4) is 10.6 Å². The highest BCUT2D eigenvalue weighted by Gasteiger charge is 2.22. The Morgan fingerprint density at radius 1 is 1.41 bits per heavy atom. The lowest BCUT2D eigenvalue weighted by Crippen LogP contribution is -2.33. The molecule has 0 bridgehead atoms. The molecule has 0 fully saturated rings. The van der Waals surface area contributed by atoms with Gasteiger partial charge in [-0.3, -0.25) is 14.3 Å². The molecule has 1 unspecified atom stereocenters. The summed E-state index contributed by atoms with van der Waals surface area (Å²) >= 11 is 1.54. The van der Waals surface area contributed by atoms with Crippen LogP contribution in [-0.4, -0.2) is 38.3 Å². The summed E-state index contributed by atoms with van der Waals surface area (Å²) in [4.78, 5) is 29.9. The second-order valence-electron chi connectivity index (χ2n) is 6.47. The Kier molecular flexibility index (Phi) is 5.55. The SMILES string of the molecule is CCCC(CNC(=O)c1cc(-c2cccs2)nc2c1c(C)nn2C)C(=O)O. The predicted octanol–water partition coefficient (Wildman–Crippen LogP) is 3.24. The standard InChI is InChI=1S/C19H22N4O3S/c1-4-6-12(19(25)26)10-20-18(24)13-9-14(15-7-5-8-27-15)21-17-16(13)11(2)22-23(17)3/h5,7-9,12H,4,6,10H2,1-3H3,(H,20,24)(H,25,26). The summed E-state index contributed by atoms with van der Waals surface area (Å²) in [5.74, 6) is -1.80. The van der Waals surface area contributed by atoms with Crippen LogP contribution in [0.3, 0.4) is 0 Å². The maximum absolute atomic E-state index is 12.9. The summed E-state index contributed by atoms with van der Waals surface area (Å²) in [6, 6.07) is 5.64. The third kappa shape index (κ3) is 3.85. The van der Waals surface area contributed by atoms with Crippen LogP contribution in [0, 0.1) is 12.8 Å². The number of carbonyl (C=O) groups excluding carboxylic acids is 1. The van der Waals surface area contributed by atoms with Gasteiger partial charge in [-0.25, -0.2) is 4.98 Å². The molecule has 27 heavy (non-hydrogen) atoms. The highest BCUT2D eigenvalue weighted by molar-refractivity contribution is 7.13. The molecule has 0 radical (unpaired) electrons. The Bertz CT molecular complexity index is 979. The van der Waals surface area contributed by atoms with Crippen LogP contribution < -0.4 is 5.32 Å². The quantitative estimate of drug-likeness (QED) is 0.650. The van der Waals surface area contributed by atoms with Gasteiger partial charge in [0.15, 0.2) is 5.65 Å². The lowest BCUT2D eigenvalue weighted by atomic mass is 10.0. The third-order valence-electron chi connectivity index (χ3n) is 4.48. The Balaban J connectivity index is 1.99. The van der Waals surface area contributed by atoms with E-state index in [0.29, 0.717) is 34.4 Å². The molecule has 1 amide bonds. The molecule has 0 saturated carbocycles. The number of pyridine rings is 1. The smallest absolute Gasteiger partial charge is 0.308 e. The number of fused-ring (bicyclic) bond motifs is 1. The number of nitrogens with one attached hydrogen (secondary N) is 1. The van der Waals surface area contributed by atoms with Crippen molar-refractivity contribution < 1.29 is 14.7 Å². The average Bonchev–Trinajstić information content (AvgIpc) is 3.26. The van der Waals surface area contributed by atoms with E-state index < -0.39 is 11.9 Å². The molecule has 1 atom stereocenters. The van der Waals surface area contributed by atoms with E-state index in [0.717, 1.165) is 11.3 Å². The first kappa shape index (κ1) is 19.0. The van der Waals surface area contributed by atoms with Gasteiger partial charge in [-0.15, -0.1) is 11.3 Å². The fraction of sp³-hybridized carbons (Fsp3) is 0.368. The van der Waals surface area contributed by atoms with E-state index in [1.165, 1.54) is 0 Å². The molecule has 0 aliphatic carbocycles. The van der Waals surface area contributed by atoms with Crippen molar-refractivity contribution in [2.24, 2.45) is 13.0 Å². The van der Waals surface area contributed by atoms with Gasteiger partial charge in [-0.2, -0.15) is 5.10 Å². The van der Waals surface area contributed by atoms with Gasteiger partial charge in [0.1, 0.15) is 0 Å². The number of nitrogens with zero attached hydrogens (tertiary/aromatic N) is 3. The summed E-state index contributed by atoms with van der Waals surface area (Å²) in [6.07, 6.45) is 1.27. The Morgan fingerprint density at radius 3 is 2.81 bits per heavy atom. The maximum atomic E-state index is 12.9. The van der Waals surface area contributed by atoms with Gasteiger partial charge in [0, 0.05) is 13.6 Å². The number of aryl methyl sites for hydroxylation is 2. The molecule has 0 aliphatic heterocycles. The normalized spacial score (nSPS) is 12.3. The zero-order valence-corrected chi connectivity index (χ0v) is 16.3. The molecule has 7 nitrogen and oxygen atoms in total. The Hall–Kier alpha value is -2.74. The van der Waals surface area contributed by atoms with Crippen molar-refractivity contribution in [3.63, 3.8) is 0 Å². The number of thiophene rings is 1. The number of carbonyl (C=O) groups is 2. The fourth-order valence-corrected chi connectivity index (χ4v) is 3.83. The zero-order valence-electron chi connectivity index (χ0n) is 15.5. The second kappa shape index (κ2) is 7.87. The first-order valence-electron chi connectivity index (χ1n) is 8.81. The molecule has 3 rings (SSSR count). The number of rotatable bonds is 7. The van der Waals surface area contributed by atoms with E-state index in [1.807, 2.05) is 31.4 Å². The first-order valence-corrected chi connectivity index (χ1v) is 9.69. The van der Waals surface area contributed by atoms with Gasteiger partial charge in [0.05, 0.1) is 33.1 Å². The minimum absolute atomic E-state index is 0.0967. The van der Waals surface area contributed by atoms with Gasteiger partial charge in [-0.05, 0) is 30.9 Å². The topological polar surface area (TPSA) is 97.1 Å². The number of hydrogen-bond acceptors (Lipinski definition) is 5. The van der Waals surface area contributed by atoms with Crippen LogP contribution in [0.15, 0.2) is 23.6 Å². The molecular weight excluding hydrogens is 364 g/mol. The van der Waals surface area contributed by atoms with Crippen LogP contribution in [0.4, 0.5) is 0 Å². The molecule has 0 saturated heterocycles. The molecule has 2 N–H and O–H groups in total. The van der Waals surface area contributed by atoms with Crippen LogP contribution in [-0.2, 0) is 11.8 Å². The van der Waals surface area contributed by atoms with E-state index >= 15 is 0 Å². The highest BCUT2D eigenvalue weighted by Crippen LogP contribution is 2.29. The van der Waals surface area contributed by atoms with E-state index in [2.05, 4.69) is 15.4 Å². The summed E-state index contributed by atoms with van der Waals surface area (Å²) in [6.45, 7) is 3.86. The molecule has 3 aromatic rings. The summed E-state index contributed by atoms with van der Waals surface area (Å²) in [5.41, 5.74) is 2.52. The zero-order chi connectivity index (χ0) is 19.6. The van der Waals surface area contributed by atoms with Crippen LogP contribution in [0.5, 0.6) is 0 Å². The molecule has 8 heteroatoms. The van der Waals surface area contributed by atoms with Gasteiger partial charge in [0.2, 0.25) is 0 Å². The largest absolute Gasteiger partial charge is 0.481 e.